The zero-order chi connectivity index (χ0) is 14.2. The standard InChI is InChI=1S/C13H12N2O4/c1-8-11(13(16)17)7-12(14(8)2)9-3-5-10(6-4-9)15(18)19/h3-7H,1-2H3,(H,16,17). The van der Waals surface area contributed by atoms with Crippen LogP contribution in [0.5, 0.6) is 0 Å². The molecule has 0 radical (unpaired) electrons. The van der Waals surface area contributed by atoms with Gasteiger partial charge in [-0.3, -0.25) is 10.1 Å². The maximum Gasteiger partial charge on any atom is 0.337 e. The third-order valence-corrected chi connectivity index (χ3v) is 3.14. The lowest BCUT2D eigenvalue weighted by Gasteiger charge is -2.04. The van der Waals surface area contributed by atoms with Crippen molar-refractivity contribution in [1.82, 2.24) is 4.57 Å². The highest BCUT2D eigenvalue weighted by Crippen LogP contribution is 2.26. The van der Waals surface area contributed by atoms with Crippen molar-refractivity contribution >= 4 is 11.7 Å². The second-order valence-electron chi connectivity index (χ2n) is 4.20. The average Bonchev–Trinajstić information content (AvgIpc) is 2.67. The summed E-state index contributed by atoms with van der Waals surface area (Å²) < 4.78 is 1.75. The molecule has 0 unspecified atom stereocenters. The van der Waals surface area contributed by atoms with Crippen LogP contribution < -0.4 is 0 Å². The third kappa shape index (κ3) is 2.20. The molecule has 0 saturated heterocycles. The summed E-state index contributed by atoms with van der Waals surface area (Å²) in [6, 6.07) is 7.59. The van der Waals surface area contributed by atoms with Crippen molar-refractivity contribution in [1.29, 1.82) is 0 Å². The summed E-state index contributed by atoms with van der Waals surface area (Å²) >= 11 is 0. The van der Waals surface area contributed by atoms with Crippen molar-refractivity contribution in [3.05, 3.63) is 51.7 Å². The normalized spacial score (nSPS) is 10.4. The molecule has 0 spiro atoms. The molecule has 98 valence electrons. The van der Waals surface area contributed by atoms with Gasteiger partial charge in [-0.25, -0.2) is 4.79 Å². The van der Waals surface area contributed by atoms with E-state index in [-0.39, 0.29) is 11.3 Å². The van der Waals surface area contributed by atoms with Crippen molar-refractivity contribution in [2.45, 2.75) is 6.92 Å². The Morgan fingerprint density at radius 3 is 2.32 bits per heavy atom. The third-order valence-electron chi connectivity index (χ3n) is 3.14. The molecule has 0 saturated carbocycles. The average molecular weight is 260 g/mol. The van der Waals surface area contributed by atoms with Gasteiger partial charge in [-0.15, -0.1) is 0 Å². The number of aromatic nitrogens is 1. The predicted octanol–water partition coefficient (Wildman–Crippen LogP) is 2.61. The van der Waals surface area contributed by atoms with Gasteiger partial charge in [-0.1, -0.05) is 0 Å². The second-order valence-corrected chi connectivity index (χ2v) is 4.20. The molecule has 0 fully saturated rings. The Bertz CT molecular complexity index is 656. The van der Waals surface area contributed by atoms with Crippen molar-refractivity contribution < 1.29 is 14.8 Å². The van der Waals surface area contributed by atoms with Crippen molar-refractivity contribution in [2.75, 3.05) is 0 Å². The van der Waals surface area contributed by atoms with Gasteiger partial charge in [0.15, 0.2) is 0 Å². The van der Waals surface area contributed by atoms with Crippen LogP contribution in [0.4, 0.5) is 5.69 Å². The van der Waals surface area contributed by atoms with E-state index in [1.165, 1.54) is 12.1 Å². The first-order valence-electron chi connectivity index (χ1n) is 5.56. The van der Waals surface area contributed by atoms with Crippen LogP contribution in [0.2, 0.25) is 0 Å². The molecular weight excluding hydrogens is 248 g/mol. The highest BCUT2D eigenvalue weighted by Gasteiger charge is 2.16. The van der Waals surface area contributed by atoms with E-state index >= 15 is 0 Å². The van der Waals surface area contributed by atoms with E-state index in [0.717, 1.165) is 5.56 Å². The Labute approximate surface area is 109 Å². The molecule has 0 atom stereocenters. The Kier molecular flexibility index (Phi) is 3.08. The van der Waals surface area contributed by atoms with Gasteiger partial charge in [-0.05, 0) is 30.7 Å². The summed E-state index contributed by atoms with van der Waals surface area (Å²) in [5.74, 6) is -0.985. The van der Waals surface area contributed by atoms with Crippen LogP contribution in [0.25, 0.3) is 11.3 Å². The van der Waals surface area contributed by atoms with Gasteiger partial charge < -0.3 is 9.67 Å². The van der Waals surface area contributed by atoms with Gasteiger partial charge in [0.25, 0.3) is 5.69 Å². The highest BCUT2D eigenvalue weighted by atomic mass is 16.6. The fraction of sp³-hybridized carbons (Fsp3) is 0.154. The van der Waals surface area contributed by atoms with Crippen LogP contribution in [0.3, 0.4) is 0 Å². The monoisotopic (exact) mass is 260 g/mol. The van der Waals surface area contributed by atoms with Crippen LogP contribution in [0, 0.1) is 17.0 Å². The fourth-order valence-electron chi connectivity index (χ4n) is 1.95. The number of nitro groups is 1. The van der Waals surface area contributed by atoms with Gasteiger partial charge in [0.1, 0.15) is 0 Å². The van der Waals surface area contributed by atoms with Gasteiger partial charge in [0.2, 0.25) is 0 Å². The minimum atomic E-state index is -0.985. The van der Waals surface area contributed by atoms with E-state index < -0.39 is 10.9 Å². The minimum Gasteiger partial charge on any atom is -0.478 e. The molecule has 1 heterocycles. The summed E-state index contributed by atoms with van der Waals surface area (Å²) in [6.45, 7) is 1.72. The SMILES string of the molecule is Cc1c(C(=O)O)cc(-c2ccc([N+](=O)[O-])cc2)n1C. The topological polar surface area (TPSA) is 85.4 Å². The lowest BCUT2D eigenvalue weighted by atomic mass is 10.1. The van der Waals surface area contributed by atoms with E-state index in [2.05, 4.69) is 0 Å². The molecule has 2 aromatic rings. The first kappa shape index (κ1) is 12.8. The molecule has 0 aliphatic heterocycles. The Morgan fingerprint density at radius 1 is 1.32 bits per heavy atom. The summed E-state index contributed by atoms with van der Waals surface area (Å²) in [7, 11) is 1.76. The molecule has 1 aromatic heterocycles. The van der Waals surface area contributed by atoms with Crippen LogP contribution in [-0.2, 0) is 7.05 Å². The van der Waals surface area contributed by atoms with E-state index in [1.54, 1.807) is 36.7 Å². The fourth-order valence-corrected chi connectivity index (χ4v) is 1.95. The predicted molar refractivity (Wildman–Crippen MR) is 69.2 cm³/mol. The Morgan fingerprint density at radius 2 is 1.89 bits per heavy atom. The lowest BCUT2D eigenvalue weighted by Crippen LogP contribution is -1.99. The molecule has 0 bridgehead atoms. The van der Waals surface area contributed by atoms with Crippen LogP contribution in [-0.4, -0.2) is 20.6 Å². The van der Waals surface area contributed by atoms with Crippen LogP contribution >= 0.6 is 0 Å². The van der Waals surface area contributed by atoms with Gasteiger partial charge in [0, 0.05) is 30.6 Å². The number of nitrogens with zero attached hydrogens (tertiary/aromatic N) is 2. The summed E-state index contributed by atoms with van der Waals surface area (Å²) in [5.41, 5.74) is 2.33. The minimum absolute atomic E-state index is 0.00754. The first-order chi connectivity index (χ1) is 8.91. The van der Waals surface area contributed by atoms with Crippen molar-refractivity contribution in [3.8, 4) is 11.3 Å². The molecule has 0 amide bonds. The van der Waals surface area contributed by atoms with E-state index in [0.29, 0.717) is 11.4 Å². The Hall–Kier alpha value is -2.63. The Balaban J connectivity index is 2.50. The maximum absolute atomic E-state index is 11.1. The molecule has 6 heteroatoms. The number of non-ortho nitro benzene ring substituents is 1. The second kappa shape index (κ2) is 4.56. The van der Waals surface area contributed by atoms with Crippen LogP contribution in [0.15, 0.2) is 30.3 Å². The largest absolute Gasteiger partial charge is 0.478 e. The number of hydrogen-bond donors (Lipinski definition) is 1. The number of aromatic carboxylic acids is 1. The zero-order valence-corrected chi connectivity index (χ0v) is 10.5. The van der Waals surface area contributed by atoms with Gasteiger partial charge in [-0.2, -0.15) is 0 Å². The molecule has 1 aromatic carbocycles. The first-order valence-corrected chi connectivity index (χ1v) is 5.56. The van der Waals surface area contributed by atoms with Gasteiger partial charge >= 0.3 is 5.97 Å². The maximum atomic E-state index is 11.1. The van der Waals surface area contributed by atoms with E-state index in [1.807, 2.05) is 0 Å². The summed E-state index contributed by atoms with van der Waals surface area (Å²) in [4.78, 5) is 21.2. The number of hydrogen-bond acceptors (Lipinski definition) is 3. The van der Waals surface area contributed by atoms with Gasteiger partial charge in [0.05, 0.1) is 10.5 Å². The van der Waals surface area contributed by atoms with E-state index in [4.69, 9.17) is 5.11 Å². The molecule has 2 rings (SSSR count). The zero-order valence-electron chi connectivity index (χ0n) is 10.5. The number of benzene rings is 1. The van der Waals surface area contributed by atoms with Crippen molar-refractivity contribution in [2.24, 2.45) is 7.05 Å². The molecule has 19 heavy (non-hydrogen) atoms. The number of nitro benzene ring substituents is 1. The van der Waals surface area contributed by atoms with E-state index in [9.17, 15) is 14.9 Å². The molecule has 0 aliphatic carbocycles. The summed E-state index contributed by atoms with van der Waals surface area (Å²) in [6.07, 6.45) is 0. The molecule has 1 N–H and O–H groups in total. The molecular formula is C13H12N2O4. The lowest BCUT2D eigenvalue weighted by molar-refractivity contribution is -0.384. The molecule has 6 nitrogen and oxygen atoms in total. The number of carboxylic acid groups (broad SMARTS) is 1. The number of carbonyl (C=O) groups is 1. The summed E-state index contributed by atoms with van der Waals surface area (Å²) in [5, 5.41) is 19.7. The smallest absolute Gasteiger partial charge is 0.337 e. The number of carboxylic acids is 1. The number of rotatable bonds is 3. The van der Waals surface area contributed by atoms with Crippen LogP contribution in [0.1, 0.15) is 16.1 Å². The molecule has 0 aliphatic rings. The van der Waals surface area contributed by atoms with Crippen molar-refractivity contribution in [3.63, 3.8) is 0 Å². The quantitative estimate of drug-likeness (QED) is 0.679. The highest BCUT2D eigenvalue weighted by molar-refractivity contribution is 5.91.